The number of amides is 1. The molecule has 0 rings (SSSR count). The highest BCUT2D eigenvalue weighted by Crippen LogP contribution is 2.26. The van der Waals surface area contributed by atoms with E-state index in [1.807, 2.05) is 13.8 Å². The van der Waals surface area contributed by atoms with Crippen molar-refractivity contribution in [2.45, 2.75) is 32.1 Å². The monoisotopic (exact) mass is 237 g/mol. The predicted molar refractivity (Wildman–Crippen MR) is 60.4 cm³/mol. The van der Waals surface area contributed by atoms with Gasteiger partial charge in [-0.2, -0.15) is 0 Å². The third-order valence-electron chi connectivity index (χ3n) is 1.17. The first-order valence-electron chi connectivity index (χ1n) is 4.21. The maximum atomic E-state index is 10.7. The van der Waals surface area contributed by atoms with Gasteiger partial charge in [0.2, 0.25) is 5.91 Å². The molecular formula is C8H15NO3S2. The van der Waals surface area contributed by atoms with Crippen LogP contribution in [-0.2, 0) is 9.59 Å². The zero-order chi connectivity index (χ0) is 11.1. The zero-order valence-corrected chi connectivity index (χ0v) is 10.1. The van der Waals surface area contributed by atoms with Crippen LogP contribution >= 0.6 is 21.6 Å². The molecule has 0 bridgehead atoms. The van der Waals surface area contributed by atoms with Gasteiger partial charge in [0.25, 0.3) is 0 Å². The van der Waals surface area contributed by atoms with E-state index in [1.54, 1.807) is 10.8 Å². The van der Waals surface area contributed by atoms with Gasteiger partial charge in [0.1, 0.15) is 6.04 Å². The van der Waals surface area contributed by atoms with Crippen molar-refractivity contribution in [3.8, 4) is 0 Å². The third-order valence-corrected chi connectivity index (χ3v) is 4.13. The first-order chi connectivity index (χ1) is 6.43. The quantitative estimate of drug-likeness (QED) is 0.683. The van der Waals surface area contributed by atoms with Crippen molar-refractivity contribution in [2.24, 2.45) is 0 Å². The molecule has 1 unspecified atom stereocenters. The Morgan fingerprint density at radius 1 is 1.43 bits per heavy atom. The molecule has 4 nitrogen and oxygen atoms in total. The number of rotatable bonds is 6. The van der Waals surface area contributed by atoms with Gasteiger partial charge in [-0.15, -0.1) is 0 Å². The number of carboxylic acid groups (broad SMARTS) is 1. The van der Waals surface area contributed by atoms with Crippen LogP contribution in [0.2, 0.25) is 0 Å². The molecule has 0 aliphatic carbocycles. The molecule has 2 N–H and O–H groups in total. The Balaban J connectivity index is 3.86. The van der Waals surface area contributed by atoms with Crippen molar-refractivity contribution in [2.75, 3.05) is 5.75 Å². The standard InChI is InChI=1S/C8H15NO3S2/c1-5(2)14-13-4-7(8(11)12)9-6(3)10/h5,7H,4H2,1-3H3,(H,9,10)(H,11,12). The van der Waals surface area contributed by atoms with Crippen LogP contribution in [0.4, 0.5) is 0 Å². The maximum absolute atomic E-state index is 10.7. The van der Waals surface area contributed by atoms with E-state index in [1.165, 1.54) is 17.7 Å². The van der Waals surface area contributed by atoms with Crippen LogP contribution in [0.1, 0.15) is 20.8 Å². The fourth-order valence-electron chi connectivity index (χ4n) is 0.663. The molecule has 0 aromatic rings. The average Bonchev–Trinajstić information content (AvgIpc) is 2.00. The normalized spacial score (nSPS) is 12.6. The first-order valence-corrected chi connectivity index (χ1v) is 6.60. The maximum Gasteiger partial charge on any atom is 0.327 e. The van der Waals surface area contributed by atoms with Crippen molar-refractivity contribution >= 4 is 33.5 Å². The molecule has 0 heterocycles. The van der Waals surface area contributed by atoms with Crippen molar-refractivity contribution in [3.63, 3.8) is 0 Å². The van der Waals surface area contributed by atoms with E-state index in [-0.39, 0.29) is 5.91 Å². The molecule has 0 radical (unpaired) electrons. The molecule has 0 saturated carbocycles. The van der Waals surface area contributed by atoms with Crippen LogP contribution in [0.5, 0.6) is 0 Å². The van der Waals surface area contributed by atoms with E-state index in [0.29, 0.717) is 11.0 Å². The fourth-order valence-corrected chi connectivity index (χ4v) is 2.84. The molecule has 0 aromatic carbocycles. The summed E-state index contributed by atoms with van der Waals surface area (Å²) in [6.45, 7) is 5.38. The summed E-state index contributed by atoms with van der Waals surface area (Å²) in [5, 5.41) is 11.6. The van der Waals surface area contributed by atoms with Crippen LogP contribution in [0.3, 0.4) is 0 Å². The van der Waals surface area contributed by atoms with Gasteiger partial charge in [-0.1, -0.05) is 35.4 Å². The van der Waals surface area contributed by atoms with Gasteiger partial charge in [-0.05, 0) is 0 Å². The van der Waals surface area contributed by atoms with E-state index in [2.05, 4.69) is 5.32 Å². The van der Waals surface area contributed by atoms with E-state index >= 15 is 0 Å². The van der Waals surface area contributed by atoms with Gasteiger partial charge >= 0.3 is 5.97 Å². The lowest BCUT2D eigenvalue weighted by Crippen LogP contribution is -2.41. The summed E-state index contributed by atoms with van der Waals surface area (Å²) < 4.78 is 0. The SMILES string of the molecule is CC(=O)NC(CSSC(C)C)C(=O)O. The van der Waals surface area contributed by atoms with Crippen LogP contribution in [0.25, 0.3) is 0 Å². The number of carboxylic acids is 1. The van der Waals surface area contributed by atoms with E-state index in [9.17, 15) is 9.59 Å². The first kappa shape index (κ1) is 13.6. The zero-order valence-electron chi connectivity index (χ0n) is 8.44. The molecule has 6 heteroatoms. The summed E-state index contributed by atoms with van der Waals surface area (Å²) in [7, 11) is 3.07. The fraction of sp³-hybridized carbons (Fsp3) is 0.750. The van der Waals surface area contributed by atoms with Gasteiger partial charge in [-0.25, -0.2) is 4.79 Å². The van der Waals surface area contributed by atoms with Gasteiger partial charge in [0.15, 0.2) is 0 Å². The van der Waals surface area contributed by atoms with Crippen LogP contribution < -0.4 is 5.32 Å². The Kier molecular flexibility index (Phi) is 6.82. The Morgan fingerprint density at radius 3 is 2.36 bits per heavy atom. The largest absolute Gasteiger partial charge is 0.480 e. The minimum atomic E-state index is -0.989. The summed E-state index contributed by atoms with van der Waals surface area (Å²) in [6.07, 6.45) is 0. The minimum absolute atomic E-state index is 0.312. The van der Waals surface area contributed by atoms with Crippen molar-refractivity contribution in [1.82, 2.24) is 5.32 Å². The second-order valence-corrected chi connectivity index (χ2v) is 6.01. The van der Waals surface area contributed by atoms with Gasteiger partial charge in [0, 0.05) is 17.9 Å². The van der Waals surface area contributed by atoms with Crippen molar-refractivity contribution < 1.29 is 14.7 Å². The van der Waals surface area contributed by atoms with Gasteiger partial charge in [-0.3, -0.25) is 4.79 Å². The lowest BCUT2D eigenvalue weighted by atomic mass is 10.3. The number of hydrogen-bond donors (Lipinski definition) is 2. The van der Waals surface area contributed by atoms with E-state index in [4.69, 9.17) is 5.11 Å². The lowest BCUT2D eigenvalue weighted by molar-refractivity contribution is -0.140. The highest BCUT2D eigenvalue weighted by molar-refractivity contribution is 8.76. The lowest BCUT2D eigenvalue weighted by Gasteiger charge is -2.12. The Hall–Kier alpha value is -0.360. The molecule has 1 atom stereocenters. The molecule has 1 amide bonds. The van der Waals surface area contributed by atoms with E-state index < -0.39 is 12.0 Å². The van der Waals surface area contributed by atoms with Gasteiger partial charge < -0.3 is 10.4 Å². The molecule has 0 aromatic heterocycles. The molecule has 0 aliphatic rings. The molecule has 0 saturated heterocycles. The molecule has 0 fully saturated rings. The number of carbonyl (C=O) groups is 2. The molecule has 82 valence electrons. The second kappa shape index (κ2) is 7.00. The number of nitrogens with one attached hydrogen (secondary N) is 1. The summed E-state index contributed by atoms with van der Waals surface area (Å²) in [5.74, 6) is -0.915. The minimum Gasteiger partial charge on any atom is -0.480 e. The number of hydrogen-bond acceptors (Lipinski definition) is 4. The predicted octanol–water partition coefficient (Wildman–Crippen LogP) is 1.37. The highest BCUT2D eigenvalue weighted by Gasteiger charge is 2.18. The summed E-state index contributed by atoms with van der Waals surface area (Å²) in [5.41, 5.74) is 0. The molecule has 0 aliphatic heterocycles. The second-order valence-electron chi connectivity index (χ2n) is 3.02. The average molecular weight is 237 g/mol. The molecular weight excluding hydrogens is 222 g/mol. The molecule has 0 spiro atoms. The van der Waals surface area contributed by atoms with Crippen LogP contribution in [-0.4, -0.2) is 34.0 Å². The summed E-state index contributed by atoms with van der Waals surface area (Å²) in [4.78, 5) is 21.3. The Bertz CT molecular complexity index is 209. The smallest absolute Gasteiger partial charge is 0.327 e. The Morgan fingerprint density at radius 2 is 2.00 bits per heavy atom. The summed E-state index contributed by atoms with van der Waals surface area (Å²) >= 11 is 0. The molecule has 14 heavy (non-hydrogen) atoms. The summed E-state index contributed by atoms with van der Waals surface area (Å²) in [6, 6.07) is -0.788. The van der Waals surface area contributed by atoms with Crippen molar-refractivity contribution in [3.05, 3.63) is 0 Å². The van der Waals surface area contributed by atoms with Gasteiger partial charge in [0.05, 0.1) is 0 Å². The highest BCUT2D eigenvalue weighted by atomic mass is 33.1. The Labute approximate surface area is 91.6 Å². The van der Waals surface area contributed by atoms with Crippen LogP contribution in [0.15, 0.2) is 0 Å². The number of carbonyl (C=O) groups excluding carboxylic acids is 1. The number of aliphatic carboxylic acids is 1. The van der Waals surface area contributed by atoms with Crippen molar-refractivity contribution in [1.29, 1.82) is 0 Å². The van der Waals surface area contributed by atoms with Crippen LogP contribution in [0, 0.1) is 0 Å². The topological polar surface area (TPSA) is 66.4 Å². The third kappa shape index (κ3) is 7.08. The van der Waals surface area contributed by atoms with E-state index in [0.717, 1.165) is 0 Å².